The van der Waals surface area contributed by atoms with Crippen LogP contribution in [-0.4, -0.2) is 39.0 Å². The molecule has 1 unspecified atom stereocenters. The van der Waals surface area contributed by atoms with Crippen LogP contribution in [0.2, 0.25) is 0 Å². The van der Waals surface area contributed by atoms with Gasteiger partial charge in [0.15, 0.2) is 5.82 Å². The van der Waals surface area contributed by atoms with Crippen molar-refractivity contribution in [1.29, 1.82) is 0 Å². The lowest BCUT2D eigenvalue weighted by Crippen LogP contribution is -2.37. The van der Waals surface area contributed by atoms with Gasteiger partial charge < -0.3 is 19.9 Å². The van der Waals surface area contributed by atoms with Crippen LogP contribution in [0.1, 0.15) is 55.7 Å². The minimum atomic E-state index is -0.304. The fourth-order valence-electron chi connectivity index (χ4n) is 4.38. The summed E-state index contributed by atoms with van der Waals surface area (Å²) in [7, 11) is 0. The molecule has 3 saturated carbocycles. The van der Waals surface area contributed by atoms with Gasteiger partial charge in [0, 0.05) is 29.3 Å². The lowest BCUT2D eigenvalue weighted by atomic mass is 9.99. The number of rotatable bonds is 6. The van der Waals surface area contributed by atoms with Gasteiger partial charge in [0.25, 0.3) is 0 Å². The van der Waals surface area contributed by atoms with E-state index in [4.69, 9.17) is 9.26 Å². The molecule has 9 nitrogen and oxygen atoms in total. The molecule has 4 atom stereocenters. The molecule has 3 N–H and O–H groups in total. The summed E-state index contributed by atoms with van der Waals surface area (Å²) < 4.78 is 10.8. The summed E-state index contributed by atoms with van der Waals surface area (Å²) in [6, 6.07) is 3.61. The SMILES string of the molecule is Cc1cc(CC(=O)Nc2cc(C3C[C@H](OC(=O)NC4(C)CC4)[C@H]4C[C@@H]34)[nH]n2)on1. The van der Waals surface area contributed by atoms with E-state index in [9.17, 15) is 9.59 Å². The van der Waals surface area contributed by atoms with Gasteiger partial charge in [-0.2, -0.15) is 5.10 Å². The largest absolute Gasteiger partial charge is 0.446 e. The highest BCUT2D eigenvalue weighted by atomic mass is 16.6. The van der Waals surface area contributed by atoms with Gasteiger partial charge in [0.05, 0.1) is 12.1 Å². The Hall–Kier alpha value is -2.84. The zero-order chi connectivity index (χ0) is 20.2. The molecule has 0 saturated heterocycles. The van der Waals surface area contributed by atoms with E-state index in [-0.39, 0.29) is 36.0 Å². The van der Waals surface area contributed by atoms with Crippen LogP contribution >= 0.6 is 0 Å². The molecular formula is C20H25N5O4. The van der Waals surface area contributed by atoms with E-state index < -0.39 is 0 Å². The molecule has 3 fully saturated rings. The van der Waals surface area contributed by atoms with Gasteiger partial charge in [-0.1, -0.05) is 5.16 Å². The number of aromatic nitrogens is 3. The van der Waals surface area contributed by atoms with Crippen molar-refractivity contribution in [1.82, 2.24) is 20.7 Å². The molecule has 9 heteroatoms. The molecule has 2 aromatic rings. The Bertz CT molecular complexity index is 946. The van der Waals surface area contributed by atoms with Gasteiger partial charge in [0.1, 0.15) is 11.9 Å². The Morgan fingerprint density at radius 2 is 2.14 bits per heavy atom. The van der Waals surface area contributed by atoms with Crippen LogP contribution in [0.4, 0.5) is 10.6 Å². The topological polar surface area (TPSA) is 122 Å². The van der Waals surface area contributed by atoms with Gasteiger partial charge in [0.2, 0.25) is 5.91 Å². The van der Waals surface area contributed by atoms with Crippen molar-refractivity contribution < 1.29 is 18.8 Å². The minimum absolute atomic E-state index is 0.0524. The zero-order valence-electron chi connectivity index (χ0n) is 16.5. The molecular weight excluding hydrogens is 374 g/mol. The summed E-state index contributed by atoms with van der Waals surface area (Å²) in [6.45, 7) is 3.85. The zero-order valence-corrected chi connectivity index (χ0v) is 16.5. The Balaban J connectivity index is 1.16. The summed E-state index contributed by atoms with van der Waals surface area (Å²) in [6.07, 6.45) is 3.63. The first kappa shape index (κ1) is 18.2. The molecule has 0 bridgehead atoms. The predicted octanol–water partition coefficient (Wildman–Crippen LogP) is 2.66. The molecule has 0 spiro atoms. The van der Waals surface area contributed by atoms with Gasteiger partial charge in [-0.15, -0.1) is 0 Å². The number of carbonyl (C=O) groups is 2. The highest BCUT2D eigenvalue weighted by Gasteiger charge is 2.57. The second-order valence-electron chi connectivity index (χ2n) is 8.90. The van der Waals surface area contributed by atoms with E-state index in [1.807, 2.05) is 19.9 Å². The minimum Gasteiger partial charge on any atom is -0.446 e. The van der Waals surface area contributed by atoms with Crippen molar-refractivity contribution in [2.75, 3.05) is 5.32 Å². The highest BCUT2D eigenvalue weighted by Crippen LogP contribution is 2.60. The standard InChI is InChI=1S/C20H25N5O4/c1-10-5-11(29-25-10)6-18(26)21-17-9-15(23-24-17)13-8-16(14-7-12(13)14)28-19(27)22-20(2)3-4-20/h5,9,12-14,16H,3-4,6-8H2,1-2H3,(H,22,27)(H2,21,23,24,26)/t12-,13?,14-,16-/m0/s1. The van der Waals surface area contributed by atoms with Gasteiger partial charge in [-0.05, 0) is 51.4 Å². The number of aromatic amines is 1. The fourth-order valence-corrected chi connectivity index (χ4v) is 4.38. The van der Waals surface area contributed by atoms with Crippen LogP contribution in [0.3, 0.4) is 0 Å². The molecule has 0 aromatic carbocycles. The number of fused-ring (bicyclic) bond motifs is 1. The molecule has 2 amide bonds. The number of nitrogens with zero attached hydrogens (tertiary/aromatic N) is 2. The quantitative estimate of drug-likeness (QED) is 0.686. The first-order chi connectivity index (χ1) is 13.9. The van der Waals surface area contributed by atoms with Gasteiger partial charge >= 0.3 is 6.09 Å². The number of hydrogen-bond acceptors (Lipinski definition) is 6. The smallest absolute Gasteiger partial charge is 0.407 e. The van der Waals surface area contributed by atoms with Gasteiger partial charge in [-0.3, -0.25) is 9.89 Å². The van der Waals surface area contributed by atoms with Crippen molar-refractivity contribution in [2.24, 2.45) is 11.8 Å². The normalized spacial score (nSPS) is 28.5. The lowest BCUT2D eigenvalue weighted by Gasteiger charge is -2.18. The average molecular weight is 399 g/mol. The molecule has 2 aromatic heterocycles. The summed E-state index contributed by atoms with van der Waals surface area (Å²) in [5, 5.41) is 16.8. The maximum atomic E-state index is 12.2. The first-order valence-electron chi connectivity index (χ1n) is 10.1. The first-order valence-corrected chi connectivity index (χ1v) is 10.1. The van der Waals surface area contributed by atoms with E-state index in [0.717, 1.165) is 37.1 Å². The summed E-state index contributed by atoms with van der Waals surface area (Å²) in [5.41, 5.74) is 1.65. The number of carbonyl (C=O) groups excluding carboxylic acids is 2. The Kier molecular flexibility index (Phi) is 4.15. The number of H-pyrrole nitrogens is 1. The van der Waals surface area contributed by atoms with Crippen LogP contribution < -0.4 is 10.6 Å². The fraction of sp³-hybridized carbons (Fsp3) is 0.600. The monoisotopic (exact) mass is 399 g/mol. The van der Waals surface area contributed by atoms with E-state index >= 15 is 0 Å². The Morgan fingerprint density at radius 1 is 1.31 bits per heavy atom. The van der Waals surface area contributed by atoms with Crippen molar-refractivity contribution >= 4 is 17.8 Å². The number of hydrogen-bond donors (Lipinski definition) is 3. The summed E-state index contributed by atoms with van der Waals surface area (Å²) >= 11 is 0. The Morgan fingerprint density at radius 3 is 2.86 bits per heavy atom. The summed E-state index contributed by atoms with van der Waals surface area (Å²) in [4.78, 5) is 24.3. The average Bonchev–Trinajstić information content (AvgIpc) is 3.43. The number of ether oxygens (including phenoxy) is 1. The third kappa shape index (κ3) is 3.86. The predicted molar refractivity (Wildman–Crippen MR) is 102 cm³/mol. The van der Waals surface area contributed by atoms with E-state index in [1.54, 1.807) is 6.07 Å². The number of aryl methyl sites for hydroxylation is 1. The molecule has 5 rings (SSSR count). The van der Waals surface area contributed by atoms with E-state index in [1.165, 1.54) is 0 Å². The molecule has 2 heterocycles. The molecule has 0 aliphatic heterocycles. The number of amides is 2. The lowest BCUT2D eigenvalue weighted by molar-refractivity contribution is -0.115. The maximum absolute atomic E-state index is 12.2. The van der Waals surface area contributed by atoms with Crippen molar-refractivity contribution in [2.45, 2.75) is 63.5 Å². The Labute approximate surface area is 167 Å². The van der Waals surface area contributed by atoms with Crippen LogP contribution in [0.25, 0.3) is 0 Å². The number of anilines is 1. The molecule has 3 aliphatic rings. The third-order valence-electron chi connectivity index (χ3n) is 6.31. The molecule has 0 radical (unpaired) electrons. The van der Waals surface area contributed by atoms with Crippen molar-refractivity contribution in [3.63, 3.8) is 0 Å². The third-order valence-corrected chi connectivity index (χ3v) is 6.31. The number of alkyl carbamates (subject to hydrolysis) is 1. The van der Waals surface area contributed by atoms with Crippen LogP contribution in [0.5, 0.6) is 0 Å². The maximum Gasteiger partial charge on any atom is 0.407 e. The number of nitrogens with one attached hydrogen (secondary N) is 3. The molecule has 3 aliphatic carbocycles. The van der Waals surface area contributed by atoms with E-state index in [0.29, 0.717) is 23.4 Å². The second kappa shape index (κ2) is 6.60. The molecule has 29 heavy (non-hydrogen) atoms. The molecule has 154 valence electrons. The van der Waals surface area contributed by atoms with Gasteiger partial charge in [-0.25, -0.2) is 4.79 Å². The highest BCUT2D eigenvalue weighted by molar-refractivity contribution is 5.91. The summed E-state index contributed by atoms with van der Waals surface area (Å²) in [5.74, 6) is 2.00. The van der Waals surface area contributed by atoms with Crippen LogP contribution in [0.15, 0.2) is 16.7 Å². The van der Waals surface area contributed by atoms with Crippen molar-refractivity contribution in [3.8, 4) is 0 Å². The van der Waals surface area contributed by atoms with Crippen molar-refractivity contribution in [3.05, 3.63) is 29.3 Å². The van der Waals surface area contributed by atoms with Crippen LogP contribution in [-0.2, 0) is 16.0 Å². The van der Waals surface area contributed by atoms with E-state index in [2.05, 4.69) is 26.0 Å². The van der Waals surface area contributed by atoms with Crippen LogP contribution in [0, 0.1) is 18.8 Å². The second-order valence-corrected chi connectivity index (χ2v) is 8.90.